The fraction of sp³-hybridized carbons (Fsp3) is 0.372. The first kappa shape index (κ1) is 43.7. The van der Waals surface area contributed by atoms with Crippen LogP contribution in [0.5, 0.6) is 0 Å². The van der Waals surface area contributed by atoms with Gasteiger partial charge in [-0.1, -0.05) is 36.4 Å². The lowest BCUT2D eigenvalue weighted by Crippen LogP contribution is -2.39. The van der Waals surface area contributed by atoms with E-state index in [2.05, 4.69) is 29.4 Å². The minimum Gasteiger partial charge on any atom is -0.481 e. The van der Waals surface area contributed by atoms with Gasteiger partial charge in [-0.2, -0.15) is 0 Å². The molecule has 0 fully saturated rings. The number of aryl methyl sites for hydroxylation is 3. The van der Waals surface area contributed by atoms with Gasteiger partial charge in [0.05, 0.1) is 17.5 Å². The second-order valence-corrected chi connectivity index (χ2v) is 15.5. The van der Waals surface area contributed by atoms with E-state index in [0.29, 0.717) is 41.4 Å². The lowest BCUT2D eigenvalue weighted by molar-refractivity contribution is -0.140. The Morgan fingerprint density at radius 2 is 1.43 bits per heavy atom. The zero-order valence-electron chi connectivity index (χ0n) is 32.1. The number of aromatic carboxylic acids is 1. The van der Waals surface area contributed by atoms with Crippen molar-refractivity contribution < 1.29 is 34.2 Å². The van der Waals surface area contributed by atoms with E-state index in [9.17, 15) is 24.0 Å². The van der Waals surface area contributed by atoms with Crippen molar-refractivity contribution in [2.45, 2.75) is 84.2 Å². The van der Waals surface area contributed by atoms with Crippen LogP contribution < -0.4 is 10.6 Å². The maximum absolute atomic E-state index is 13.9. The standard InChI is InChI=1S/C43H50N4O7S.ClH/c1-28(2)47(25-24-46(3)37(48)22-23-38(49)50)27-31-10-7-11-33(26-31)40(51)45-42-39(35-12-4-5-13-36(35)55-42)41(52)44-34-20-16-30(17-21-34)9-6-8-29-14-18-32(19-15-29)43(53)54;/h7,10-11,14-21,26,28H,4-6,8-9,12-13,22-25,27H2,1-3H3,(H,44,52)(H,45,51)(H,49,50)(H,53,54);1H. The summed E-state index contributed by atoms with van der Waals surface area (Å²) in [4.78, 5) is 66.8. The summed E-state index contributed by atoms with van der Waals surface area (Å²) in [6.45, 7) is 5.72. The molecule has 298 valence electrons. The predicted molar refractivity (Wildman–Crippen MR) is 222 cm³/mol. The van der Waals surface area contributed by atoms with Crippen LogP contribution in [0, 0.1) is 0 Å². The quantitative estimate of drug-likeness (QED) is 0.0790. The summed E-state index contributed by atoms with van der Waals surface area (Å²) in [5, 5.41) is 24.7. The van der Waals surface area contributed by atoms with E-state index in [0.717, 1.165) is 72.1 Å². The van der Waals surface area contributed by atoms with Crippen molar-refractivity contribution in [1.82, 2.24) is 9.80 Å². The van der Waals surface area contributed by atoms with Gasteiger partial charge >= 0.3 is 11.9 Å². The molecule has 0 saturated carbocycles. The monoisotopic (exact) mass is 802 g/mol. The van der Waals surface area contributed by atoms with Gasteiger partial charge in [0.1, 0.15) is 5.00 Å². The number of rotatable bonds is 18. The van der Waals surface area contributed by atoms with E-state index < -0.39 is 11.9 Å². The van der Waals surface area contributed by atoms with Crippen molar-refractivity contribution in [2.75, 3.05) is 30.8 Å². The van der Waals surface area contributed by atoms with Crippen molar-refractivity contribution in [3.8, 4) is 0 Å². The number of carbonyl (C=O) groups is 5. The molecule has 0 aliphatic heterocycles. The Hall–Kier alpha value is -5.04. The number of anilines is 2. The molecule has 0 bridgehead atoms. The number of benzene rings is 3. The van der Waals surface area contributed by atoms with Crippen LogP contribution in [0.4, 0.5) is 10.7 Å². The number of amides is 3. The second-order valence-electron chi connectivity index (χ2n) is 14.3. The lowest BCUT2D eigenvalue weighted by atomic mass is 9.95. The van der Waals surface area contributed by atoms with E-state index in [1.165, 1.54) is 11.3 Å². The van der Waals surface area contributed by atoms with Gasteiger partial charge < -0.3 is 25.7 Å². The van der Waals surface area contributed by atoms with Crippen LogP contribution in [0.25, 0.3) is 0 Å². The second kappa shape index (κ2) is 20.8. The van der Waals surface area contributed by atoms with Crippen molar-refractivity contribution in [3.63, 3.8) is 0 Å². The van der Waals surface area contributed by atoms with Crippen LogP contribution in [0.1, 0.15) is 104 Å². The normalized spacial score (nSPS) is 12.1. The molecule has 56 heavy (non-hydrogen) atoms. The highest BCUT2D eigenvalue weighted by molar-refractivity contribution is 7.17. The Labute approximate surface area is 338 Å². The number of carboxylic acids is 2. The summed E-state index contributed by atoms with van der Waals surface area (Å²) in [5.41, 5.74) is 6.11. The first-order valence-electron chi connectivity index (χ1n) is 18.8. The highest BCUT2D eigenvalue weighted by Gasteiger charge is 2.27. The molecule has 0 atom stereocenters. The topological polar surface area (TPSA) is 156 Å². The number of likely N-dealkylation sites (N-methyl/N-ethyl adjacent to an activating group) is 1. The summed E-state index contributed by atoms with van der Waals surface area (Å²) in [6, 6.07) is 22.3. The molecule has 3 aromatic carbocycles. The third-order valence-electron chi connectivity index (χ3n) is 9.98. The molecule has 4 aromatic rings. The first-order valence-corrected chi connectivity index (χ1v) is 19.7. The van der Waals surface area contributed by atoms with Gasteiger partial charge in [0.2, 0.25) is 5.91 Å². The molecule has 5 rings (SSSR count). The molecule has 13 heteroatoms. The first-order chi connectivity index (χ1) is 26.4. The van der Waals surface area contributed by atoms with Gasteiger partial charge in [-0.15, -0.1) is 23.7 Å². The maximum atomic E-state index is 13.9. The molecule has 3 amide bonds. The van der Waals surface area contributed by atoms with E-state index in [-0.39, 0.29) is 54.6 Å². The number of nitrogens with zero attached hydrogens (tertiary/aromatic N) is 2. The number of hydrogen-bond acceptors (Lipinski definition) is 7. The van der Waals surface area contributed by atoms with Gasteiger partial charge in [-0.3, -0.25) is 24.1 Å². The molecule has 0 radical (unpaired) electrons. The smallest absolute Gasteiger partial charge is 0.335 e. The molecular weight excluding hydrogens is 752 g/mol. The highest BCUT2D eigenvalue weighted by Crippen LogP contribution is 2.39. The van der Waals surface area contributed by atoms with Gasteiger partial charge in [0.25, 0.3) is 11.8 Å². The van der Waals surface area contributed by atoms with Crippen molar-refractivity contribution in [3.05, 3.63) is 117 Å². The molecule has 1 heterocycles. The highest BCUT2D eigenvalue weighted by atomic mass is 35.5. The van der Waals surface area contributed by atoms with Crippen molar-refractivity contribution in [2.24, 2.45) is 0 Å². The molecule has 0 spiro atoms. The number of hydrogen-bond donors (Lipinski definition) is 4. The molecule has 0 saturated heterocycles. The fourth-order valence-corrected chi connectivity index (χ4v) is 7.98. The van der Waals surface area contributed by atoms with E-state index in [4.69, 9.17) is 10.2 Å². The van der Waals surface area contributed by atoms with Crippen LogP contribution in [0.3, 0.4) is 0 Å². The molecular formula is C43H51ClN4O7S. The number of carbonyl (C=O) groups excluding carboxylic acids is 3. The Morgan fingerprint density at radius 1 is 0.768 bits per heavy atom. The third-order valence-corrected chi connectivity index (χ3v) is 11.2. The van der Waals surface area contributed by atoms with E-state index >= 15 is 0 Å². The van der Waals surface area contributed by atoms with Gasteiger partial charge in [-0.05, 0) is 117 Å². The molecule has 1 aliphatic carbocycles. The molecule has 1 aliphatic rings. The summed E-state index contributed by atoms with van der Waals surface area (Å²) < 4.78 is 0. The largest absolute Gasteiger partial charge is 0.481 e. The van der Waals surface area contributed by atoms with Crippen molar-refractivity contribution in [1.29, 1.82) is 0 Å². The molecule has 1 aromatic heterocycles. The van der Waals surface area contributed by atoms with Crippen LogP contribution >= 0.6 is 23.7 Å². The SMILES string of the molecule is CC(C)N(CCN(C)C(=O)CCC(=O)O)Cc1cccc(C(=O)Nc2sc3c(c2C(=O)Nc2ccc(CCCc4ccc(C(=O)O)cc4)cc2)CCCC3)c1.Cl. The number of thiophene rings is 1. The Balaban J connectivity index is 0.00000696. The number of fused-ring (bicyclic) bond motifs is 1. The average Bonchev–Trinajstić information content (AvgIpc) is 3.54. The van der Waals surface area contributed by atoms with Crippen LogP contribution in [0.2, 0.25) is 0 Å². The Morgan fingerprint density at radius 3 is 2.07 bits per heavy atom. The minimum atomic E-state index is -0.997. The number of halogens is 1. The summed E-state index contributed by atoms with van der Waals surface area (Å²) in [5.74, 6) is -2.68. The Bertz CT molecular complexity index is 2000. The fourth-order valence-electron chi connectivity index (χ4n) is 6.70. The lowest BCUT2D eigenvalue weighted by Gasteiger charge is -2.29. The van der Waals surface area contributed by atoms with Crippen molar-refractivity contribution >= 4 is 64.1 Å². The zero-order chi connectivity index (χ0) is 39.5. The zero-order valence-corrected chi connectivity index (χ0v) is 33.8. The van der Waals surface area contributed by atoms with Gasteiger partial charge in [0, 0.05) is 55.3 Å². The predicted octanol–water partition coefficient (Wildman–Crippen LogP) is 7.96. The van der Waals surface area contributed by atoms with Gasteiger partial charge in [-0.25, -0.2) is 4.79 Å². The maximum Gasteiger partial charge on any atom is 0.335 e. The van der Waals surface area contributed by atoms with Crippen LogP contribution in [-0.4, -0.2) is 75.9 Å². The van der Waals surface area contributed by atoms with Crippen LogP contribution in [-0.2, 0) is 41.8 Å². The van der Waals surface area contributed by atoms with E-state index in [1.54, 1.807) is 30.1 Å². The molecule has 0 unspecified atom stereocenters. The Kier molecular flexibility index (Phi) is 16.2. The van der Waals surface area contributed by atoms with Gasteiger partial charge in [0.15, 0.2) is 0 Å². The average molecular weight is 803 g/mol. The number of nitrogens with one attached hydrogen (secondary N) is 2. The molecule has 11 nitrogen and oxygen atoms in total. The number of carboxylic acid groups (broad SMARTS) is 2. The third kappa shape index (κ3) is 12.2. The minimum absolute atomic E-state index is 0. The van der Waals surface area contributed by atoms with E-state index in [1.807, 2.05) is 54.6 Å². The molecule has 4 N–H and O–H groups in total. The number of aliphatic carboxylic acids is 1. The summed E-state index contributed by atoms with van der Waals surface area (Å²) >= 11 is 1.48. The van der Waals surface area contributed by atoms with Crippen LogP contribution in [0.15, 0.2) is 72.8 Å². The summed E-state index contributed by atoms with van der Waals surface area (Å²) in [6.07, 6.45) is 6.02. The summed E-state index contributed by atoms with van der Waals surface area (Å²) in [7, 11) is 1.68.